The maximum atomic E-state index is 13.0. The lowest BCUT2D eigenvalue weighted by Crippen LogP contribution is -2.48. The molecule has 0 bridgehead atoms. The number of likely N-dealkylation sites (N-methyl/N-ethyl adjacent to an activating group) is 1. The molecule has 0 radical (unpaired) electrons. The minimum Gasteiger partial charge on any atom is -0.353 e. The Morgan fingerprint density at radius 1 is 1.03 bits per heavy atom. The van der Waals surface area contributed by atoms with E-state index in [0.29, 0.717) is 19.6 Å². The van der Waals surface area contributed by atoms with Crippen LogP contribution in [0.3, 0.4) is 0 Å². The normalized spacial score (nSPS) is 17.7. The molecule has 29 heavy (non-hydrogen) atoms. The van der Waals surface area contributed by atoms with Crippen LogP contribution in [0.15, 0.2) is 60.7 Å². The van der Waals surface area contributed by atoms with E-state index in [0.717, 1.165) is 18.7 Å². The highest BCUT2D eigenvalue weighted by atomic mass is 32.2. The van der Waals surface area contributed by atoms with E-state index in [9.17, 15) is 13.2 Å². The summed E-state index contributed by atoms with van der Waals surface area (Å²) in [6.45, 7) is 2.85. The van der Waals surface area contributed by atoms with E-state index in [1.165, 1.54) is 5.56 Å². The topological polar surface area (TPSA) is 69.7 Å². The Kier molecular flexibility index (Phi) is 7.41. The number of carbonyl (C=O) groups is 1. The summed E-state index contributed by atoms with van der Waals surface area (Å²) in [6.07, 6.45) is 0. The summed E-state index contributed by atoms with van der Waals surface area (Å²) in [5, 5.41) is 3.04. The fraction of sp³-hybridized carbons (Fsp3) is 0.409. The largest absolute Gasteiger partial charge is 0.353 e. The zero-order valence-corrected chi connectivity index (χ0v) is 17.6. The van der Waals surface area contributed by atoms with E-state index in [-0.39, 0.29) is 17.4 Å². The molecular formula is C22H29N3O3S. The second kappa shape index (κ2) is 10.0. The lowest BCUT2D eigenvalue weighted by Gasteiger charge is -2.33. The molecule has 3 rings (SSSR count). The van der Waals surface area contributed by atoms with Gasteiger partial charge in [0.1, 0.15) is 6.04 Å². The van der Waals surface area contributed by atoms with Gasteiger partial charge in [-0.1, -0.05) is 60.7 Å². The fourth-order valence-electron chi connectivity index (χ4n) is 3.59. The van der Waals surface area contributed by atoms with Crippen LogP contribution >= 0.6 is 0 Å². The van der Waals surface area contributed by atoms with Crippen molar-refractivity contribution in [2.75, 3.05) is 44.7 Å². The van der Waals surface area contributed by atoms with Gasteiger partial charge in [0.25, 0.3) is 0 Å². The summed E-state index contributed by atoms with van der Waals surface area (Å²) in [7, 11) is -0.964. The molecular weight excluding hydrogens is 386 g/mol. The van der Waals surface area contributed by atoms with Crippen molar-refractivity contribution in [1.82, 2.24) is 15.1 Å². The summed E-state index contributed by atoms with van der Waals surface area (Å²) in [5.41, 5.74) is 2.12. The van der Waals surface area contributed by atoms with Crippen molar-refractivity contribution in [2.24, 2.45) is 0 Å². The summed E-state index contributed by atoms with van der Waals surface area (Å²) in [4.78, 5) is 17.2. The number of rotatable bonds is 8. The van der Waals surface area contributed by atoms with E-state index in [2.05, 4.69) is 22.3 Å². The molecule has 1 saturated heterocycles. The second-order valence-corrected chi connectivity index (χ2v) is 9.82. The maximum absolute atomic E-state index is 13.0. The molecule has 0 aromatic heterocycles. The van der Waals surface area contributed by atoms with Crippen LogP contribution in [0.4, 0.5) is 0 Å². The standard InChI is InChI=1S/C22H29N3O3S/c1-24(18-19-8-4-2-5-9-19)13-12-23-22(26)21(20-10-6-3-7-11-20)25-14-16-29(27,28)17-15-25/h2-11,21H,12-18H2,1H3,(H,23,26). The third-order valence-electron chi connectivity index (χ3n) is 5.20. The van der Waals surface area contributed by atoms with Crippen LogP contribution in [0.5, 0.6) is 0 Å². The Hall–Kier alpha value is -2.22. The summed E-state index contributed by atoms with van der Waals surface area (Å²) in [6, 6.07) is 19.3. The zero-order valence-electron chi connectivity index (χ0n) is 16.8. The first-order chi connectivity index (χ1) is 13.9. The third-order valence-corrected chi connectivity index (χ3v) is 6.81. The Labute approximate surface area is 173 Å². The first-order valence-corrected chi connectivity index (χ1v) is 11.8. The number of amides is 1. The molecule has 0 aliphatic carbocycles. The third kappa shape index (κ3) is 6.39. The molecule has 2 aromatic rings. The zero-order chi connectivity index (χ0) is 20.7. The van der Waals surface area contributed by atoms with Crippen LogP contribution in [0, 0.1) is 0 Å². The van der Waals surface area contributed by atoms with E-state index >= 15 is 0 Å². The number of nitrogens with one attached hydrogen (secondary N) is 1. The van der Waals surface area contributed by atoms with Crippen molar-refractivity contribution in [3.63, 3.8) is 0 Å². The molecule has 6 nitrogen and oxygen atoms in total. The van der Waals surface area contributed by atoms with Crippen molar-refractivity contribution in [2.45, 2.75) is 12.6 Å². The van der Waals surface area contributed by atoms with Crippen LogP contribution in [0.1, 0.15) is 17.2 Å². The van der Waals surface area contributed by atoms with Gasteiger partial charge in [-0.05, 0) is 18.2 Å². The molecule has 1 fully saturated rings. The van der Waals surface area contributed by atoms with Crippen molar-refractivity contribution >= 4 is 15.7 Å². The highest BCUT2D eigenvalue weighted by Gasteiger charge is 2.32. The lowest BCUT2D eigenvalue weighted by molar-refractivity contribution is -0.126. The molecule has 2 aromatic carbocycles. The van der Waals surface area contributed by atoms with Crippen LogP contribution in [-0.2, 0) is 21.2 Å². The van der Waals surface area contributed by atoms with Gasteiger partial charge in [-0.25, -0.2) is 8.42 Å². The molecule has 1 N–H and O–H groups in total. The molecule has 156 valence electrons. The van der Waals surface area contributed by atoms with Crippen molar-refractivity contribution < 1.29 is 13.2 Å². The second-order valence-electron chi connectivity index (χ2n) is 7.52. The summed E-state index contributed by atoms with van der Waals surface area (Å²) in [5.74, 6) is 0.121. The predicted molar refractivity (Wildman–Crippen MR) is 115 cm³/mol. The monoisotopic (exact) mass is 415 g/mol. The van der Waals surface area contributed by atoms with E-state index < -0.39 is 15.9 Å². The highest BCUT2D eigenvalue weighted by Crippen LogP contribution is 2.23. The van der Waals surface area contributed by atoms with Gasteiger partial charge < -0.3 is 10.2 Å². The predicted octanol–water partition coefficient (Wildman–Crippen LogP) is 1.71. The molecule has 7 heteroatoms. The number of benzene rings is 2. The Bertz CT molecular complexity index is 874. The van der Waals surface area contributed by atoms with Gasteiger partial charge in [0, 0.05) is 32.7 Å². The van der Waals surface area contributed by atoms with Crippen molar-refractivity contribution in [3.05, 3.63) is 71.8 Å². The number of sulfone groups is 1. The Balaban J connectivity index is 1.58. The number of carbonyl (C=O) groups excluding carboxylic acids is 1. The van der Waals surface area contributed by atoms with Crippen LogP contribution in [-0.4, -0.2) is 68.9 Å². The van der Waals surface area contributed by atoms with E-state index in [1.807, 2.05) is 60.5 Å². The molecule has 1 aliphatic rings. The van der Waals surface area contributed by atoms with Gasteiger partial charge >= 0.3 is 0 Å². The Morgan fingerprint density at radius 2 is 1.62 bits per heavy atom. The lowest BCUT2D eigenvalue weighted by atomic mass is 10.0. The van der Waals surface area contributed by atoms with Gasteiger partial charge in [0.05, 0.1) is 11.5 Å². The number of nitrogens with zero attached hydrogens (tertiary/aromatic N) is 2. The van der Waals surface area contributed by atoms with Gasteiger partial charge in [-0.3, -0.25) is 9.69 Å². The highest BCUT2D eigenvalue weighted by molar-refractivity contribution is 7.91. The molecule has 1 aliphatic heterocycles. The van der Waals surface area contributed by atoms with Crippen LogP contribution in [0.25, 0.3) is 0 Å². The van der Waals surface area contributed by atoms with Crippen LogP contribution in [0.2, 0.25) is 0 Å². The summed E-state index contributed by atoms with van der Waals surface area (Å²) < 4.78 is 23.6. The number of hydrogen-bond donors (Lipinski definition) is 1. The van der Waals surface area contributed by atoms with E-state index in [1.54, 1.807) is 0 Å². The Morgan fingerprint density at radius 3 is 2.24 bits per heavy atom. The maximum Gasteiger partial charge on any atom is 0.242 e. The molecule has 1 heterocycles. The van der Waals surface area contributed by atoms with Gasteiger partial charge in [-0.2, -0.15) is 0 Å². The minimum absolute atomic E-state index is 0.0800. The molecule has 0 spiro atoms. The molecule has 0 saturated carbocycles. The van der Waals surface area contributed by atoms with Gasteiger partial charge in [0.2, 0.25) is 5.91 Å². The molecule has 1 atom stereocenters. The van der Waals surface area contributed by atoms with Gasteiger partial charge in [0.15, 0.2) is 9.84 Å². The average Bonchev–Trinajstić information content (AvgIpc) is 2.71. The van der Waals surface area contributed by atoms with E-state index in [4.69, 9.17) is 0 Å². The smallest absolute Gasteiger partial charge is 0.242 e. The van der Waals surface area contributed by atoms with Crippen molar-refractivity contribution in [1.29, 1.82) is 0 Å². The first-order valence-electron chi connectivity index (χ1n) is 9.94. The first kappa shape index (κ1) is 21.5. The molecule has 1 unspecified atom stereocenters. The van der Waals surface area contributed by atoms with Crippen LogP contribution < -0.4 is 5.32 Å². The van der Waals surface area contributed by atoms with Crippen molar-refractivity contribution in [3.8, 4) is 0 Å². The fourth-order valence-corrected chi connectivity index (χ4v) is 4.82. The summed E-state index contributed by atoms with van der Waals surface area (Å²) >= 11 is 0. The molecule has 1 amide bonds. The quantitative estimate of drug-likeness (QED) is 0.711. The SMILES string of the molecule is CN(CCNC(=O)C(c1ccccc1)N1CCS(=O)(=O)CC1)Cc1ccccc1. The average molecular weight is 416 g/mol. The van der Waals surface area contributed by atoms with Gasteiger partial charge in [-0.15, -0.1) is 0 Å². The number of hydrogen-bond acceptors (Lipinski definition) is 5. The minimum atomic E-state index is -3.00.